The second-order valence-electron chi connectivity index (χ2n) is 11.4. The lowest BCUT2D eigenvalue weighted by molar-refractivity contribution is -0.126. The van der Waals surface area contributed by atoms with E-state index in [1.165, 1.54) is 29.9 Å². The predicted molar refractivity (Wildman–Crippen MR) is 189 cm³/mol. The first-order valence-electron chi connectivity index (χ1n) is 15.8. The first-order chi connectivity index (χ1) is 23.9. The largest absolute Gasteiger partial charge is 0.495 e. The Morgan fingerprint density at radius 3 is 1.98 bits per heavy atom. The molecule has 0 spiro atoms. The minimum Gasteiger partial charge on any atom is -0.495 e. The van der Waals surface area contributed by atoms with Gasteiger partial charge < -0.3 is 14.4 Å². The Bertz CT molecular complexity index is 2140. The van der Waals surface area contributed by atoms with Gasteiger partial charge in [0.15, 0.2) is 5.57 Å². The van der Waals surface area contributed by atoms with E-state index in [0.717, 1.165) is 11.3 Å². The number of amides is 1. The molecule has 0 aliphatic carbocycles. The monoisotopic (exact) mass is 670 g/mol. The highest BCUT2D eigenvalue weighted by Gasteiger charge is 2.30. The van der Waals surface area contributed by atoms with Crippen LogP contribution < -0.4 is 19.5 Å². The summed E-state index contributed by atoms with van der Waals surface area (Å²) in [5.74, 6) is -0.479. The van der Waals surface area contributed by atoms with Crippen molar-refractivity contribution in [1.29, 1.82) is 5.26 Å². The molecule has 49 heavy (non-hydrogen) atoms. The number of esters is 1. The average Bonchev–Trinajstić information content (AvgIpc) is 3.47. The third-order valence-corrected chi connectivity index (χ3v) is 9.61. The van der Waals surface area contributed by atoms with Crippen molar-refractivity contribution in [2.45, 2.75) is 6.04 Å². The van der Waals surface area contributed by atoms with Crippen LogP contribution in [0.3, 0.4) is 0 Å². The molecular formula is C39H34N4O5S. The van der Waals surface area contributed by atoms with Crippen molar-refractivity contribution in [3.63, 3.8) is 0 Å². The maximum absolute atomic E-state index is 14.1. The molecule has 6 rings (SSSR count). The molecule has 1 fully saturated rings. The molecule has 1 saturated heterocycles. The minimum absolute atomic E-state index is 0.0203. The molecule has 1 aliphatic heterocycles. The summed E-state index contributed by atoms with van der Waals surface area (Å²) in [5, 5.41) is 10.5. The lowest BCUT2D eigenvalue weighted by Gasteiger charge is -2.39. The van der Waals surface area contributed by atoms with Gasteiger partial charge in [0.1, 0.15) is 16.5 Å². The van der Waals surface area contributed by atoms with E-state index in [1.54, 1.807) is 59.5 Å². The number of ether oxygens (including phenoxy) is 2. The molecule has 9 nitrogen and oxygen atoms in total. The third-order valence-electron chi connectivity index (χ3n) is 8.52. The Kier molecular flexibility index (Phi) is 10.1. The number of rotatable bonds is 8. The summed E-state index contributed by atoms with van der Waals surface area (Å²) >= 11 is 1.07. The molecule has 0 unspecified atom stereocenters. The van der Waals surface area contributed by atoms with Crippen LogP contribution in [0.5, 0.6) is 5.75 Å². The molecular weight excluding hydrogens is 637 g/mol. The van der Waals surface area contributed by atoms with E-state index in [2.05, 4.69) is 35.2 Å². The molecule has 4 aromatic carbocycles. The van der Waals surface area contributed by atoms with Crippen molar-refractivity contribution >= 4 is 34.9 Å². The molecule has 5 aromatic rings. The van der Waals surface area contributed by atoms with Crippen LogP contribution in [0, 0.1) is 11.3 Å². The summed E-state index contributed by atoms with van der Waals surface area (Å²) in [5.41, 5.74) is 3.27. The number of carbonyl (C=O) groups is 2. The van der Waals surface area contributed by atoms with Gasteiger partial charge in [-0.3, -0.25) is 19.1 Å². The van der Waals surface area contributed by atoms with Crippen LogP contribution in [0.25, 0.3) is 17.3 Å². The van der Waals surface area contributed by atoms with Crippen LogP contribution in [0.1, 0.15) is 33.1 Å². The first kappa shape index (κ1) is 33.2. The Balaban J connectivity index is 1.38. The number of piperazine rings is 1. The number of carbonyl (C=O) groups excluding carboxylic acids is 2. The van der Waals surface area contributed by atoms with Gasteiger partial charge in [0, 0.05) is 26.2 Å². The Labute approximate surface area is 287 Å². The first-order valence-corrected chi connectivity index (χ1v) is 16.6. The summed E-state index contributed by atoms with van der Waals surface area (Å²) in [7, 11) is 2.82. The highest BCUT2D eigenvalue weighted by atomic mass is 32.1. The fourth-order valence-corrected chi connectivity index (χ4v) is 7.17. The smallest absolute Gasteiger partial charge is 0.337 e. The SMILES string of the molecule is COC(=O)c1ccc(/C=c2\s/c(=C(/C#N)C(=O)N3CCN(C(c4ccccc4)c4ccccc4)CC3)n(-c3ccccc3OC)c2=O)cc1. The number of aromatic nitrogens is 1. The number of para-hydroxylation sites is 2. The molecule has 246 valence electrons. The van der Waals surface area contributed by atoms with Gasteiger partial charge >= 0.3 is 5.97 Å². The fraction of sp³-hybridized carbons (Fsp3) is 0.179. The van der Waals surface area contributed by atoms with E-state index in [-0.39, 0.29) is 16.3 Å². The van der Waals surface area contributed by atoms with Crippen molar-refractivity contribution in [2.24, 2.45) is 0 Å². The standard InChI is InChI=1S/C39H34N4O5S/c1-47-33-16-10-9-15-32(33)43-37(45)34(25-27-17-19-30(20-18-27)39(46)48-2)49-38(43)31(26-40)36(44)42-23-21-41(22-24-42)35(28-11-5-3-6-12-28)29-13-7-4-8-14-29/h3-20,25,35H,21-24H2,1-2H3/b34-25-,38-31-. The van der Waals surface area contributed by atoms with Crippen LogP contribution >= 0.6 is 11.3 Å². The van der Waals surface area contributed by atoms with Gasteiger partial charge in [0.05, 0.1) is 36.0 Å². The maximum Gasteiger partial charge on any atom is 0.337 e. The molecule has 1 aromatic heterocycles. The number of nitrogens with zero attached hydrogens (tertiary/aromatic N) is 4. The van der Waals surface area contributed by atoms with E-state index in [9.17, 15) is 19.6 Å². The number of benzene rings is 4. The van der Waals surface area contributed by atoms with Crippen LogP contribution in [0.15, 0.2) is 114 Å². The second-order valence-corrected chi connectivity index (χ2v) is 12.4. The summed E-state index contributed by atoms with van der Waals surface area (Å²) < 4.78 is 12.3. The molecule has 0 atom stereocenters. The predicted octanol–water partition coefficient (Wildman–Crippen LogP) is 4.13. The van der Waals surface area contributed by atoms with Gasteiger partial charge in [-0.05, 0) is 47.0 Å². The molecule has 10 heteroatoms. The Hall–Kier alpha value is -5.76. The zero-order chi connectivity index (χ0) is 34.3. The minimum atomic E-state index is -0.466. The van der Waals surface area contributed by atoms with E-state index in [4.69, 9.17) is 9.47 Å². The number of hydrogen-bond donors (Lipinski definition) is 0. The summed E-state index contributed by atoms with van der Waals surface area (Å²) in [6.45, 7) is 2.03. The summed E-state index contributed by atoms with van der Waals surface area (Å²) in [4.78, 5) is 44.2. The van der Waals surface area contributed by atoms with E-state index in [0.29, 0.717) is 53.3 Å². The van der Waals surface area contributed by atoms with E-state index < -0.39 is 17.4 Å². The van der Waals surface area contributed by atoms with Crippen molar-refractivity contribution in [3.8, 4) is 17.5 Å². The Morgan fingerprint density at radius 1 is 0.816 bits per heavy atom. The number of nitriles is 1. The van der Waals surface area contributed by atoms with E-state index in [1.807, 2.05) is 36.4 Å². The van der Waals surface area contributed by atoms with Crippen LogP contribution in [-0.4, -0.2) is 66.6 Å². The van der Waals surface area contributed by atoms with Gasteiger partial charge in [-0.25, -0.2) is 4.79 Å². The summed E-state index contributed by atoms with van der Waals surface area (Å²) in [6, 6.07) is 36.4. The zero-order valence-corrected chi connectivity index (χ0v) is 27.9. The normalized spacial score (nSPS) is 14.3. The molecule has 0 bridgehead atoms. The number of hydrogen-bond acceptors (Lipinski definition) is 8. The van der Waals surface area contributed by atoms with Crippen molar-refractivity contribution in [2.75, 3.05) is 40.4 Å². The van der Waals surface area contributed by atoms with Crippen LogP contribution in [0.4, 0.5) is 0 Å². The van der Waals surface area contributed by atoms with Gasteiger partial charge in [-0.15, -0.1) is 11.3 Å². The fourth-order valence-electron chi connectivity index (χ4n) is 6.08. The molecule has 1 aliphatic rings. The van der Waals surface area contributed by atoms with Crippen LogP contribution in [0.2, 0.25) is 0 Å². The average molecular weight is 671 g/mol. The molecule has 0 saturated carbocycles. The molecule has 1 amide bonds. The topological polar surface area (TPSA) is 105 Å². The van der Waals surface area contributed by atoms with Crippen molar-refractivity contribution < 1.29 is 19.1 Å². The lowest BCUT2D eigenvalue weighted by Crippen LogP contribution is -2.50. The highest BCUT2D eigenvalue weighted by molar-refractivity contribution is 7.07. The number of thiazole rings is 1. The Morgan fingerprint density at radius 2 is 1.41 bits per heavy atom. The highest BCUT2D eigenvalue weighted by Crippen LogP contribution is 2.29. The lowest BCUT2D eigenvalue weighted by atomic mass is 9.96. The van der Waals surface area contributed by atoms with Gasteiger partial charge in [-0.1, -0.05) is 84.9 Å². The maximum atomic E-state index is 14.1. The van der Waals surface area contributed by atoms with Gasteiger partial charge in [-0.2, -0.15) is 5.26 Å². The second kappa shape index (κ2) is 15.0. The third kappa shape index (κ3) is 6.94. The zero-order valence-electron chi connectivity index (χ0n) is 27.1. The van der Waals surface area contributed by atoms with Gasteiger partial charge in [0.25, 0.3) is 11.5 Å². The van der Waals surface area contributed by atoms with Gasteiger partial charge in [0.2, 0.25) is 0 Å². The van der Waals surface area contributed by atoms with Crippen molar-refractivity contribution in [3.05, 3.63) is 151 Å². The molecule has 2 heterocycles. The van der Waals surface area contributed by atoms with Crippen molar-refractivity contribution in [1.82, 2.24) is 14.4 Å². The number of methoxy groups -OCH3 is 2. The summed E-state index contributed by atoms with van der Waals surface area (Å²) in [6.07, 6.45) is 1.68. The molecule has 0 N–H and O–H groups in total. The quantitative estimate of drug-likeness (QED) is 0.229. The van der Waals surface area contributed by atoms with E-state index >= 15 is 0 Å². The van der Waals surface area contributed by atoms with Crippen LogP contribution in [-0.2, 0) is 9.53 Å². The molecule has 0 radical (unpaired) electrons.